The van der Waals surface area contributed by atoms with Gasteiger partial charge in [-0.25, -0.2) is 12.8 Å². The standard InChI is InChI=1S/C20H22FN3O5S/c1-29-17-6-8-18(9-7-17)30(27,28)24-12-10-23(11-13-24)19(25)14-22-20(26)15-2-4-16(21)5-3-15/h2-9H,10-14H2,1H3,(H,22,26). The molecule has 0 aliphatic carbocycles. The van der Waals surface area contributed by atoms with Crippen LogP contribution in [0.5, 0.6) is 5.75 Å². The van der Waals surface area contributed by atoms with Gasteiger partial charge in [-0.05, 0) is 48.5 Å². The number of sulfonamides is 1. The molecule has 0 saturated carbocycles. The molecule has 0 bridgehead atoms. The van der Waals surface area contributed by atoms with E-state index < -0.39 is 21.7 Å². The number of nitrogens with one attached hydrogen (secondary N) is 1. The van der Waals surface area contributed by atoms with Crippen LogP contribution in [0.25, 0.3) is 0 Å². The molecular formula is C20H22FN3O5S. The summed E-state index contributed by atoms with van der Waals surface area (Å²) in [6, 6.07) is 11.1. The molecule has 1 saturated heterocycles. The highest BCUT2D eigenvalue weighted by atomic mass is 32.2. The quantitative estimate of drug-likeness (QED) is 0.733. The largest absolute Gasteiger partial charge is 0.497 e. The number of ether oxygens (including phenoxy) is 1. The maximum absolute atomic E-state index is 12.9. The molecule has 0 radical (unpaired) electrons. The number of rotatable bonds is 6. The number of nitrogens with zero attached hydrogens (tertiary/aromatic N) is 2. The Bertz CT molecular complexity index is 1000. The van der Waals surface area contributed by atoms with Gasteiger partial charge in [0, 0.05) is 31.7 Å². The van der Waals surface area contributed by atoms with Crippen molar-refractivity contribution in [3.8, 4) is 5.75 Å². The topological polar surface area (TPSA) is 96.0 Å². The first-order valence-electron chi connectivity index (χ1n) is 9.27. The van der Waals surface area contributed by atoms with Gasteiger partial charge in [0.25, 0.3) is 5.91 Å². The van der Waals surface area contributed by atoms with Crippen LogP contribution in [0.2, 0.25) is 0 Å². The minimum absolute atomic E-state index is 0.159. The highest BCUT2D eigenvalue weighted by molar-refractivity contribution is 7.89. The summed E-state index contributed by atoms with van der Waals surface area (Å²) in [4.78, 5) is 26.0. The Kier molecular flexibility index (Phi) is 6.68. The summed E-state index contributed by atoms with van der Waals surface area (Å²) in [5.74, 6) is -0.687. The Hall–Kier alpha value is -2.98. The number of hydrogen-bond donors (Lipinski definition) is 1. The van der Waals surface area contributed by atoms with Crippen molar-refractivity contribution in [2.24, 2.45) is 0 Å². The summed E-state index contributed by atoms with van der Waals surface area (Å²) in [5, 5.41) is 2.50. The van der Waals surface area contributed by atoms with Gasteiger partial charge in [-0.15, -0.1) is 0 Å². The SMILES string of the molecule is COc1ccc(S(=O)(=O)N2CCN(C(=O)CNC(=O)c3ccc(F)cc3)CC2)cc1. The number of piperazine rings is 1. The molecule has 1 N–H and O–H groups in total. The van der Waals surface area contributed by atoms with E-state index in [0.29, 0.717) is 5.75 Å². The lowest BCUT2D eigenvalue weighted by Gasteiger charge is -2.34. The molecule has 0 atom stereocenters. The Labute approximate surface area is 174 Å². The van der Waals surface area contributed by atoms with E-state index in [9.17, 15) is 22.4 Å². The lowest BCUT2D eigenvalue weighted by Crippen LogP contribution is -2.52. The second kappa shape index (κ2) is 9.23. The number of methoxy groups -OCH3 is 1. The van der Waals surface area contributed by atoms with Gasteiger partial charge >= 0.3 is 0 Å². The van der Waals surface area contributed by atoms with E-state index >= 15 is 0 Å². The molecular weight excluding hydrogens is 413 g/mol. The predicted octanol–water partition coefficient (Wildman–Crippen LogP) is 1.10. The molecule has 8 nitrogen and oxygen atoms in total. The Balaban J connectivity index is 1.52. The van der Waals surface area contributed by atoms with Gasteiger partial charge in [0.05, 0.1) is 18.6 Å². The molecule has 1 aliphatic rings. The third-order valence-corrected chi connectivity index (χ3v) is 6.71. The fourth-order valence-corrected chi connectivity index (χ4v) is 4.47. The van der Waals surface area contributed by atoms with E-state index in [4.69, 9.17) is 4.74 Å². The van der Waals surface area contributed by atoms with Crippen LogP contribution in [0, 0.1) is 5.82 Å². The Morgan fingerprint density at radius 3 is 2.17 bits per heavy atom. The van der Waals surface area contributed by atoms with Gasteiger partial charge in [-0.3, -0.25) is 9.59 Å². The molecule has 1 heterocycles. The Morgan fingerprint density at radius 2 is 1.60 bits per heavy atom. The third kappa shape index (κ3) is 4.95. The smallest absolute Gasteiger partial charge is 0.251 e. The average molecular weight is 435 g/mol. The van der Waals surface area contributed by atoms with Crippen LogP contribution in [0.1, 0.15) is 10.4 Å². The van der Waals surface area contributed by atoms with E-state index in [1.54, 1.807) is 12.1 Å². The number of hydrogen-bond acceptors (Lipinski definition) is 5. The lowest BCUT2D eigenvalue weighted by atomic mass is 10.2. The van der Waals surface area contributed by atoms with Crippen LogP contribution in [0.3, 0.4) is 0 Å². The first-order chi connectivity index (χ1) is 14.3. The predicted molar refractivity (Wildman–Crippen MR) is 107 cm³/mol. The highest BCUT2D eigenvalue weighted by Crippen LogP contribution is 2.20. The van der Waals surface area contributed by atoms with Crippen LogP contribution in [-0.2, 0) is 14.8 Å². The maximum atomic E-state index is 12.9. The van der Waals surface area contributed by atoms with Crippen molar-refractivity contribution in [2.75, 3.05) is 39.8 Å². The van der Waals surface area contributed by atoms with Gasteiger partial charge in [-0.2, -0.15) is 4.31 Å². The summed E-state index contributed by atoms with van der Waals surface area (Å²) < 4.78 is 44.8. The molecule has 2 aromatic rings. The van der Waals surface area contributed by atoms with Crippen molar-refractivity contribution >= 4 is 21.8 Å². The monoisotopic (exact) mass is 435 g/mol. The Morgan fingerprint density at radius 1 is 1.00 bits per heavy atom. The normalized spacial score (nSPS) is 14.9. The van der Waals surface area contributed by atoms with Crippen molar-refractivity contribution < 1.29 is 27.1 Å². The third-order valence-electron chi connectivity index (χ3n) is 4.80. The number of benzene rings is 2. The van der Waals surface area contributed by atoms with E-state index in [1.165, 1.54) is 52.7 Å². The summed E-state index contributed by atoms with van der Waals surface area (Å²) in [6.45, 7) is 0.542. The maximum Gasteiger partial charge on any atom is 0.251 e. The van der Waals surface area contributed by atoms with Gasteiger partial charge < -0.3 is 15.0 Å². The minimum atomic E-state index is -3.66. The van der Waals surface area contributed by atoms with Crippen molar-refractivity contribution in [1.29, 1.82) is 0 Å². The first-order valence-corrected chi connectivity index (χ1v) is 10.7. The first kappa shape index (κ1) is 21.7. The number of carbonyl (C=O) groups excluding carboxylic acids is 2. The second-order valence-corrected chi connectivity index (χ2v) is 8.59. The molecule has 2 aromatic carbocycles. The fourth-order valence-electron chi connectivity index (χ4n) is 3.05. The van der Waals surface area contributed by atoms with Gasteiger partial charge in [0.2, 0.25) is 15.9 Å². The van der Waals surface area contributed by atoms with Crippen LogP contribution < -0.4 is 10.1 Å². The van der Waals surface area contributed by atoms with E-state index in [1.807, 2.05) is 0 Å². The van der Waals surface area contributed by atoms with Crippen LogP contribution in [0.15, 0.2) is 53.4 Å². The molecule has 1 aliphatic heterocycles. The zero-order valence-corrected chi connectivity index (χ0v) is 17.2. The molecule has 0 aromatic heterocycles. The zero-order chi connectivity index (χ0) is 21.7. The summed E-state index contributed by atoms with van der Waals surface area (Å²) >= 11 is 0. The number of amides is 2. The molecule has 2 amide bonds. The van der Waals surface area contributed by atoms with Gasteiger partial charge in [0.1, 0.15) is 11.6 Å². The van der Waals surface area contributed by atoms with Crippen LogP contribution in [0.4, 0.5) is 4.39 Å². The van der Waals surface area contributed by atoms with Crippen molar-refractivity contribution in [3.05, 3.63) is 59.9 Å². The zero-order valence-electron chi connectivity index (χ0n) is 16.4. The summed E-state index contributed by atoms with van der Waals surface area (Å²) in [7, 11) is -2.16. The highest BCUT2D eigenvalue weighted by Gasteiger charge is 2.30. The van der Waals surface area contributed by atoms with E-state index in [2.05, 4.69) is 5.32 Å². The molecule has 0 spiro atoms. The molecule has 3 rings (SSSR count). The molecule has 10 heteroatoms. The van der Waals surface area contributed by atoms with Gasteiger partial charge in [0.15, 0.2) is 0 Å². The van der Waals surface area contributed by atoms with Crippen molar-refractivity contribution in [2.45, 2.75) is 4.90 Å². The van der Waals surface area contributed by atoms with Crippen LogP contribution in [-0.4, -0.2) is 69.3 Å². The van der Waals surface area contributed by atoms with E-state index in [0.717, 1.165) is 0 Å². The van der Waals surface area contributed by atoms with Crippen LogP contribution >= 0.6 is 0 Å². The second-order valence-electron chi connectivity index (χ2n) is 6.65. The average Bonchev–Trinajstić information content (AvgIpc) is 2.77. The molecule has 160 valence electrons. The van der Waals surface area contributed by atoms with Crippen molar-refractivity contribution in [3.63, 3.8) is 0 Å². The summed E-state index contributed by atoms with van der Waals surface area (Å²) in [5.41, 5.74) is 0.250. The van der Waals surface area contributed by atoms with E-state index in [-0.39, 0.29) is 49.1 Å². The molecule has 1 fully saturated rings. The number of halogens is 1. The number of carbonyl (C=O) groups is 2. The molecule has 0 unspecified atom stereocenters. The van der Waals surface area contributed by atoms with Gasteiger partial charge in [-0.1, -0.05) is 0 Å². The van der Waals surface area contributed by atoms with Crippen molar-refractivity contribution in [1.82, 2.24) is 14.5 Å². The lowest BCUT2D eigenvalue weighted by molar-refractivity contribution is -0.131. The minimum Gasteiger partial charge on any atom is -0.497 e. The fraction of sp³-hybridized carbons (Fsp3) is 0.300. The molecule has 30 heavy (non-hydrogen) atoms. The summed E-state index contributed by atoms with van der Waals surface area (Å²) in [6.07, 6.45) is 0.